The molecule has 1 aromatic heterocycles. The largest absolute Gasteiger partial charge is 0.354 e. The Hall–Kier alpha value is -1.85. The maximum atomic E-state index is 11.6. The number of aryl methyl sites for hydroxylation is 1. The van der Waals surface area contributed by atoms with Crippen LogP contribution in [0.2, 0.25) is 0 Å². The molecule has 2 amide bonds. The molecule has 0 aliphatic carbocycles. The van der Waals surface area contributed by atoms with Gasteiger partial charge in [0, 0.05) is 31.8 Å². The Kier molecular flexibility index (Phi) is 3.74. The highest BCUT2D eigenvalue weighted by Crippen LogP contribution is 2.06. The third-order valence-electron chi connectivity index (χ3n) is 2.76. The normalized spacial score (nSPS) is 19.1. The van der Waals surface area contributed by atoms with Gasteiger partial charge in [-0.2, -0.15) is 0 Å². The van der Waals surface area contributed by atoms with Crippen molar-refractivity contribution in [1.82, 2.24) is 20.6 Å². The first-order chi connectivity index (χ1) is 8.25. The smallest absolute Gasteiger partial charge is 0.242 e. The fourth-order valence-corrected chi connectivity index (χ4v) is 1.84. The Morgan fingerprint density at radius 1 is 1.59 bits per heavy atom. The van der Waals surface area contributed by atoms with E-state index < -0.39 is 0 Å². The molecule has 6 nitrogen and oxygen atoms in total. The molecule has 0 saturated carbocycles. The van der Waals surface area contributed by atoms with Gasteiger partial charge in [0.25, 0.3) is 0 Å². The lowest BCUT2D eigenvalue weighted by atomic mass is 10.2. The molecule has 0 radical (unpaired) electrons. The molecule has 3 N–H and O–H groups in total. The van der Waals surface area contributed by atoms with Gasteiger partial charge in [0.05, 0.1) is 0 Å². The van der Waals surface area contributed by atoms with Gasteiger partial charge in [-0.1, -0.05) is 0 Å². The van der Waals surface area contributed by atoms with Gasteiger partial charge in [0.1, 0.15) is 11.9 Å². The van der Waals surface area contributed by atoms with Gasteiger partial charge in [-0.3, -0.25) is 9.59 Å². The number of amides is 2. The third-order valence-corrected chi connectivity index (χ3v) is 2.76. The van der Waals surface area contributed by atoms with Gasteiger partial charge in [-0.15, -0.1) is 0 Å². The van der Waals surface area contributed by atoms with Crippen LogP contribution in [-0.2, 0) is 16.0 Å². The van der Waals surface area contributed by atoms with E-state index in [4.69, 9.17) is 0 Å². The minimum absolute atomic E-state index is 0.0410. The molecule has 1 aliphatic rings. The molecule has 0 unspecified atom stereocenters. The van der Waals surface area contributed by atoms with E-state index in [1.807, 2.05) is 0 Å². The summed E-state index contributed by atoms with van der Waals surface area (Å²) in [7, 11) is 0. The highest BCUT2D eigenvalue weighted by Gasteiger charge is 2.26. The Bertz CT molecular complexity index is 388. The molecule has 1 atom stereocenters. The number of H-pyrrole nitrogens is 1. The van der Waals surface area contributed by atoms with Gasteiger partial charge in [0.15, 0.2) is 0 Å². The maximum Gasteiger partial charge on any atom is 0.242 e. The molecule has 0 spiro atoms. The quantitative estimate of drug-likeness (QED) is 0.615. The molecule has 0 bridgehead atoms. The number of nitrogens with one attached hydrogen (secondary N) is 3. The van der Waals surface area contributed by atoms with Crippen LogP contribution in [0.4, 0.5) is 0 Å². The van der Waals surface area contributed by atoms with Gasteiger partial charge in [0.2, 0.25) is 11.8 Å². The monoisotopic (exact) mass is 236 g/mol. The second kappa shape index (κ2) is 5.47. The summed E-state index contributed by atoms with van der Waals surface area (Å²) in [5, 5.41) is 5.45. The lowest BCUT2D eigenvalue weighted by molar-refractivity contribution is -0.125. The van der Waals surface area contributed by atoms with Gasteiger partial charge in [-0.05, 0) is 12.8 Å². The second-order valence-electron chi connectivity index (χ2n) is 4.09. The number of carbonyl (C=O) groups is 2. The highest BCUT2D eigenvalue weighted by molar-refractivity contribution is 5.90. The average Bonchev–Trinajstić information content (AvgIpc) is 2.95. The van der Waals surface area contributed by atoms with Crippen LogP contribution < -0.4 is 10.6 Å². The lowest BCUT2D eigenvalue weighted by Crippen LogP contribution is -2.41. The van der Waals surface area contributed by atoms with Crippen molar-refractivity contribution in [1.29, 1.82) is 0 Å². The van der Waals surface area contributed by atoms with E-state index in [1.54, 1.807) is 12.4 Å². The van der Waals surface area contributed by atoms with Gasteiger partial charge < -0.3 is 15.6 Å². The Balaban J connectivity index is 1.62. The topological polar surface area (TPSA) is 86.9 Å². The van der Waals surface area contributed by atoms with Gasteiger partial charge >= 0.3 is 0 Å². The average molecular weight is 236 g/mol. The fourth-order valence-electron chi connectivity index (χ4n) is 1.84. The van der Waals surface area contributed by atoms with E-state index >= 15 is 0 Å². The zero-order chi connectivity index (χ0) is 12.1. The minimum atomic E-state index is -0.342. The molecule has 0 aromatic carbocycles. The molecule has 1 aliphatic heterocycles. The Labute approximate surface area is 99.2 Å². The van der Waals surface area contributed by atoms with Crippen LogP contribution in [0.3, 0.4) is 0 Å². The van der Waals surface area contributed by atoms with E-state index in [0.717, 1.165) is 18.7 Å². The van der Waals surface area contributed by atoms with Crippen molar-refractivity contribution in [3.05, 3.63) is 18.2 Å². The van der Waals surface area contributed by atoms with Crippen LogP contribution in [0, 0.1) is 0 Å². The highest BCUT2D eigenvalue weighted by atomic mass is 16.2. The standard InChI is InChI=1S/C11H16N4O2/c16-10-4-3-8(15-10)11(17)14-5-1-2-9-12-6-7-13-9/h6-8H,1-5H2,(H,12,13)(H,14,17)(H,15,16)/t8-/m1/s1. The first-order valence-corrected chi connectivity index (χ1v) is 5.81. The van der Waals surface area contributed by atoms with E-state index in [9.17, 15) is 9.59 Å². The van der Waals surface area contributed by atoms with Crippen molar-refractivity contribution in [2.75, 3.05) is 6.54 Å². The van der Waals surface area contributed by atoms with Crippen molar-refractivity contribution in [2.24, 2.45) is 0 Å². The number of aromatic amines is 1. The summed E-state index contributed by atoms with van der Waals surface area (Å²) < 4.78 is 0. The number of imidazole rings is 1. The summed E-state index contributed by atoms with van der Waals surface area (Å²) in [6, 6.07) is -0.342. The number of nitrogens with zero attached hydrogens (tertiary/aromatic N) is 1. The number of hydrogen-bond donors (Lipinski definition) is 3. The number of aromatic nitrogens is 2. The molecule has 17 heavy (non-hydrogen) atoms. The molecule has 1 aromatic rings. The first-order valence-electron chi connectivity index (χ1n) is 5.81. The maximum absolute atomic E-state index is 11.6. The number of carbonyl (C=O) groups excluding carboxylic acids is 2. The molecule has 1 fully saturated rings. The summed E-state index contributed by atoms with van der Waals surface area (Å²) in [4.78, 5) is 29.6. The van der Waals surface area contributed by atoms with Crippen LogP contribution in [0.5, 0.6) is 0 Å². The van der Waals surface area contributed by atoms with Crippen LogP contribution in [0.15, 0.2) is 12.4 Å². The summed E-state index contributed by atoms with van der Waals surface area (Å²) in [5.74, 6) is 0.796. The predicted octanol–water partition coefficient (Wildman–Crippen LogP) is -0.263. The number of hydrogen-bond acceptors (Lipinski definition) is 3. The predicted molar refractivity (Wildman–Crippen MR) is 61.1 cm³/mol. The van der Waals surface area contributed by atoms with Gasteiger partial charge in [-0.25, -0.2) is 4.98 Å². The lowest BCUT2D eigenvalue weighted by Gasteiger charge is -2.10. The third kappa shape index (κ3) is 3.30. The van der Waals surface area contributed by atoms with Crippen LogP contribution in [0.25, 0.3) is 0 Å². The van der Waals surface area contributed by atoms with Crippen molar-refractivity contribution < 1.29 is 9.59 Å². The van der Waals surface area contributed by atoms with E-state index in [2.05, 4.69) is 20.6 Å². The van der Waals surface area contributed by atoms with E-state index in [0.29, 0.717) is 19.4 Å². The molecular weight excluding hydrogens is 220 g/mol. The molecule has 2 rings (SSSR count). The summed E-state index contributed by atoms with van der Waals surface area (Å²) in [6.07, 6.45) is 6.18. The molecule has 6 heteroatoms. The molecule has 92 valence electrons. The summed E-state index contributed by atoms with van der Waals surface area (Å²) in [5.41, 5.74) is 0. The van der Waals surface area contributed by atoms with Crippen LogP contribution >= 0.6 is 0 Å². The summed E-state index contributed by atoms with van der Waals surface area (Å²) >= 11 is 0. The van der Waals surface area contributed by atoms with E-state index in [-0.39, 0.29) is 17.9 Å². The molecule has 1 saturated heterocycles. The second-order valence-corrected chi connectivity index (χ2v) is 4.09. The Morgan fingerprint density at radius 3 is 3.12 bits per heavy atom. The van der Waals surface area contributed by atoms with Crippen molar-refractivity contribution in [3.8, 4) is 0 Å². The summed E-state index contributed by atoms with van der Waals surface area (Å²) in [6.45, 7) is 0.603. The van der Waals surface area contributed by atoms with Crippen molar-refractivity contribution in [3.63, 3.8) is 0 Å². The zero-order valence-electron chi connectivity index (χ0n) is 9.53. The van der Waals surface area contributed by atoms with Crippen LogP contribution in [0.1, 0.15) is 25.1 Å². The van der Waals surface area contributed by atoms with E-state index in [1.165, 1.54) is 0 Å². The SMILES string of the molecule is O=C1CC[C@H](C(=O)NCCCc2ncc[nH]2)N1. The van der Waals surface area contributed by atoms with Crippen molar-refractivity contribution >= 4 is 11.8 Å². The minimum Gasteiger partial charge on any atom is -0.354 e. The van der Waals surface area contributed by atoms with Crippen LogP contribution in [-0.4, -0.2) is 34.4 Å². The van der Waals surface area contributed by atoms with Crippen molar-refractivity contribution in [2.45, 2.75) is 31.7 Å². The molecular formula is C11H16N4O2. The molecule has 2 heterocycles. The number of rotatable bonds is 5. The fraction of sp³-hybridized carbons (Fsp3) is 0.545. The first kappa shape index (κ1) is 11.6. The zero-order valence-corrected chi connectivity index (χ0v) is 9.53. The Morgan fingerprint density at radius 2 is 2.47 bits per heavy atom.